The molecule has 1 rings (SSSR count). The molecule has 1 aromatic rings. The molecule has 1 aromatic carbocycles. The van der Waals surface area contributed by atoms with Crippen LogP contribution >= 0.6 is 0 Å². The van der Waals surface area contributed by atoms with E-state index in [2.05, 4.69) is 0 Å². The summed E-state index contributed by atoms with van der Waals surface area (Å²) in [5.41, 5.74) is 0.199. The molecule has 0 radical (unpaired) electrons. The lowest BCUT2D eigenvalue weighted by atomic mass is 10.1. The van der Waals surface area contributed by atoms with E-state index in [1.165, 1.54) is 19.2 Å². The van der Waals surface area contributed by atoms with E-state index in [9.17, 15) is 13.4 Å². The molecule has 2 atom stereocenters. The predicted molar refractivity (Wildman–Crippen MR) is 71.1 cm³/mol. The van der Waals surface area contributed by atoms with Crippen LogP contribution in [-0.2, 0) is 21.3 Å². The number of carboxylic acids is 1. The molecule has 0 aromatic heterocycles. The lowest BCUT2D eigenvalue weighted by molar-refractivity contribution is -0.137. The molecule has 6 heteroatoms. The van der Waals surface area contributed by atoms with E-state index in [0.717, 1.165) is 0 Å². The van der Waals surface area contributed by atoms with Gasteiger partial charge in [0.1, 0.15) is 5.25 Å². The second kappa shape index (κ2) is 6.65. The van der Waals surface area contributed by atoms with Crippen LogP contribution in [0.5, 0.6) is 5.75 Å². The second-order valence-electron chi connectivity index (χ2n) is 4.46. The van der Waals surface area contributed by atoms with E-state index < -0.39 is 27.8 Å². The van der Waals surface area contributed by atoms with Crippen LogP contribution in [0.4, 0.5) is 4.39 Å². The molecular weight excluding hydrogens is 271 g/mol. The topological polar surface area (TPSA) is 63.6 Å². The minimum Gasteiger partial charge on any atom is -0.494 e. The van der Waals surface area contributed by atoms with Gasteiger partial charge in [-0.3, -0.25) is 9.00 Å². The highest BCUT2D eigenvalue weighted by atomic mass is 32.2. The smallest absolute Gasteiger partial charge is 0.319 e. The third kappa shape index (κ3) is 3.76. The van der Waals surface area contributed by atoms with Crippen molar-refractivity contribution in [2.75, 3.05) is 7.11 Å². The number of carbonyl (C=O) groups is 1. The summed E-state index contributed by atoms with van der Waals surface area (Å²) in [5.74, 6) is -2.08. The van der Waals surface area contributed by atoms with E-state index in [1.807, 2.05) is 0 Å². The molecule has 0 fully saturated rings. The van der Waals surface area contributed by atoms with E-state index in [1.54, 1.807) is 19.9 Å². The SMILES string of the molecule is COc1cccc(CS(=O)C(C(=O)O)C(C)C)c1F. The first kappa shape index (κ1) is 15.6. The Labute approximate surface area is 114 Å². The maximum atomic E-state index is 13.9. The number of halogens is 1. The van der Waals surface area contributed by atoms with Gasteiger partial charge in [-0.15, -0.1) is 0 Å². The third-order valence-electron chi connectivity index (χ3n) is 2.69. The minimum atomic E-state index is -1.68. The Morgan fingerprint density at radius 1 is 1.47 bits per heavy atom. The molecule has 0 bridgehead atoms. The second-order valence-corrected chi connectivity index (χ2v) is 6.02. The highest BCUT2D eigenvalue weighted by molar-refractivity contribution is 7.85. The predicted octanol–water partition coefficient (Wildman–Crippen LogP) is 2.19. The zero-order chi connectivity index (χ0) is 14.6. The van der Waals surface area contributed by atoms with Crippen LogP contribution in [0.3, 0.4) is 0 Å². The van der Waals surface area contributed by atoms with Crippen molar-refractivity contribution in [3.63, 3.8) is 0 Å². The van der Waals surface area contributed by atoms with Gasteiger partial charge in [0.15, 0.2) is 11.6 Å². The van der Waals surface area contributed by atoms with Crippen molar-refractivity contribution in [1.29, 1.82) is 0 Å². The first-order chi connectivity index (χ1) is 8.88. The highest BCUT2D eigenvalue weighted by Crippen LogP contribution is 2.23. The first-order valence-electron chi connectivity index (χ1n) is 5.79. The summed E-state index contributed by atoms with van der Waals surface area (Å²) in [5, 5.41) is 8.04. The Morgan fingerprint density at radius 2 is 2.11 bits per heavy atom. The molecule has 0 amide bonds. The standard InChI is InChI=1S/C13H17FO4S/c1-8(2)12(13(15)16)19(17)7-9-5-4-6-10(18-3)11(9)14/h4-6,8,12H,7H2,1-3H3,(H,15,16). The first-order valence-corrected chi connectivity index (χ1v) is 7.18. The van der Waals surface area contributed by atoms with Gasteiger partial charge in [-0.05, 0) is 12.0 Å². The Balaban J connectivity index is 2.96. The average Bonchev–Trinajstić information content (AvgIpc) is 2.30. The summed E-state index contributed by atoms with van der Waals surface area (Å²) in [4.78, 5) is 11.1. The van der Waals surface area contributed by atoms with Crippen LogP contribution in [0.2, 0.25) is 0 Å². The van der Waals surface area contributed by atoms with Gasteiger partial charge in [0.05, 0.1) is 12.9 Å². The number of carboxylic acid groups (broad SMARTS) is 1. The van der Waals surface area contributed by atoms with Crippen LogP contribution < -0.4 is 4.74 Å². The van der Waals surface area contributed by atoms with E-state index in [-0.39, 0.29) is 23.0 Å². The van der Waals surface area contributed by atoms with Gasteiger partial charge in [0.2, 0.25) is 0 Å². The van der Waals surface area contributed by atoms with Gasteiger partial charge in [0.25, 0.3) is 0 Å². The fourth-order valence-electron chi connectivity index (χ4n) is 1.77. The van der Waals surface area contributed by atoms with Crippen LogP contribution in [0, 0.1) is 11.7 Å². The fraction of sp³-hybridized carbons (Fsp3) is 0.462. The molecule has 106 valence electrons. The summed E-state index contributed by atoms with van der Waals surface area (Å²) in [6, 6.07) is 4.52. The summed E-state index contributed by atoms with van der Waals surface area (Å²) < 4.78 is 30.8. The van der Waals surface area contributed by atoms with Crippen molar-refractivity contribution in [1.82, 2.24) is 0 Å². The Bertz CT molecular complexity index is 488. The fourth-order valence-corrected chi connectivity index (χ4v) is 3.31. The Morgan fingerprint density at radius 3 is 2.58 bits per heavy atom. The number of benzene rings is 1. The molecule has 1 N–H and O–H groups in total. The lowest BCUT2D eigenvalue weighted by Gasteiger charge is -2.16. The number of aliphatic carboxylic acids is 1. The van der Waals surface area contributed by atoms with Crippen molar-refractivity contribution < 1.29 is 23.2 Å². The summed E-state index contributed by atoms with van der Waals surface area (Å²) in [6.45, 7) is 3.36. The number of rotatable bonds is 6. The van der Waals surface area contributed by atoms with Crippen molar-refractivity contribution in [3.05, 3.63) is 29.6 Å². The van der Waals surface area contributed by atoms with E-state index >= 15 is 0 Å². The summed E-state index contributed by atoms with van der Waals surface area (Å²) in [6.07, 6.45) is 0. The summed E-state index contributed by atoms with van der Waals surface area (Å²) in [7, 11) is -0.344. The Kier molecular flexibility index (Phi) is 5.47. The van der Waals surface area contributed by atoms with E-state index in [4.69, 9.17) is 9.84 Å². The van der Waals surface area contributed by atoms with Gasteiger partial charge < -0.3 is 9.84 Å². The molecule has 0 aliphatic heterocycles. The largest absolute Gasteiger partial charge is 0.494 e. The molecule has 19 heavy (non-hydrogen) atoms. The molecule has 4 nitrogen and oxygen atoms in total. The maximum absolute atomic E-state index is 13.9. The zero-order valence-corrected chi connectivity index (χ0v) is 11.9. The highest BCUT2D eigenvalue weighted by Gasteiger charge is 2.28. The van der Waals surface area contributed by atoms with Crippen LogP contribution in [-0.4, -0.2) is 27.6 Å². The van der Waals surface area contributed by atoms with Crippen molar-refractivity contribution in [2.24, 2.45) is 5.92 Å². The molecule has 0 heterocycles. The average molecular weight is 288 g/mol. The van der Waals surface area contributed by atoms with Gasteiger partial charge in [-0.1, -0.05) is 26.0 Å². The molecule has 0 saturated carbocycles. The quantitative estimate of drug-likeness (QED) is 0.871. The number of hydrogen-bond donors (Lipinski definition) is 1. The minimum absolute atomic E-state index is 0.0610. The van der Waals surface area contributed by atoms with Gasteiger partial charge >= 0.3 is 5.97 Å². The van der Waals surface area contributed by atoms with Gasteiger partial charge in [-0.2, -0.15) is 0 Å². The number of methoxy groups -OCH3 is 1. The van der Waals surface area contributed by atoms with Crippen molar-refractivity contribution in [2.45, 2.75) is 24.9 Å². The van der Waals surface area contributed by atoms with Crippen LogP contribution in [0.15, 0.2) is 18.2 Å². The maximum Gasteiger partial charge on any atom is 0.319 e. The van der Waals surface area contributed by atoms with Crippen molar-refractivity contribution >= 4 is 16.8 Å². The number of ether oxygens (including phenoxy) is 1. The normalized spacial score (nSPS) is 14.2. The molecule has 2 unspecified atom stereocenters. The van der Waals surface area contributed by atoms with E-state index in [0.29, 0.717) is 0 Å². The molecule has 0 aliphatic carbocycles. The monoisotopic (exact) mass is 288 g/mol. The van der Waals surface area contributed by atoms with Gasteiger partial charge in [0, 0.05) is 16.4 Å². The Hall–Kier alpha value is -1.43. The number of hydrogen-bond acceptors (Lipinski definition) is 3. The molecule has 0 saturated heterocycles. The molecule has 0 spiro atoms. The molecular formula is C13H17FO4S. The van der Waals surface area contributed by atoms with Crippen molar-refractivity contribution in [3.8, 4) is 5.75 Å². The summed E-state index contributed by atoms with van der Waals surface area (Å²) >= 11 is 0. The lowest BCUT2D eigenvalue weighted by Crippen LogP contribution is -2.31. The zero-order valence-electron chi connectivity index (χ0n) is 11.1. The molecule has 0 aliphatic rings. The van der Waals surface area contributed by atoms with Crippen LogP contribution in [0.25, 0.3) is 0 Å². The third-order valence-corrected chi connectivity index (χ3v) is 4.60. The van der Waals surface area contributed by atoms with Gasteiger partial charge in [-0.25, -0.2) is 4.39 Å². The van der Waals surface area contributed by atoms with Crippen LogP contribution in [0.1, 0.15) is 19.4 Å².